The van der Waals surface area contributed by atoms with Crippen LogP contribution in [-0.2, 0) is 27.5 Å². The Bertz CT molecular complexity index is 2280. The highest BCUT2D eigenvalue weighted by Gasteiger charge is 2.65. The molecule has 2 N–H and O–H groups in total. The summed E-state index contributed by atoms with van der Waals surface area (Å²) in [6, 6.07) is 16.8. The van der Waals surface area contributed by atoms with E-state index in [4.69, 9.17) is 38.4 Å². The van der Waals surface area contributed by atoms with Gasteiger partial charge in [0.25, 0.3) is 5.69 Å². The van der Waals surface area contributed by atoms with Crippen LogP contribution in [0.25, 0.3) is 0 Å². The number of carbonyl (C=O) groups excluding carboxylic acids is 1. The molecule has 8 rings (SSSR count). The lowest BCUT2D eigenvalue weighted by atomic mass is 9.55. The fraction of sp³-hybridized carbons (Fsp3) is 0.490. The minimum absolute atomic E-state index is 0.00375. The second-order valence-electron chi connectivity index (χ2n) is 17.7. The van der Waals surface area contributed by atoms with Gasteiger partial charge in [-0.3, -0.25) is 19.9 Å². The lowest BCUT2D eigenvalue weighted by Gasteiger charge is -2.59. The highest BCUT2D eigenvalue weighted by molar-refractivity contribution is 6.03. The predicted molar refractivity (Wildman–Crippen MR) is 249 cm³/mol. The van der Waals surface area contributed by atoms with Gasteiger partial charge in [0, 0.05) is 69.4 Å². The molecule has 2 fully saturated rings. The molecule has 3 heterocycles. The van der Waals surface area contributed by atoms with E-state index in [1.54, 1.807) is 29.2 Å². The van der Waals surface area contributed by atoms with Crippen LogP contribution in [0.5, 0.6) is 23.0 Å². The van der Waals surface area contributed by atoms with E-state index in [2.05, 4.69) is 30.2 Å². The third-order valence-corrected chi connectivity index (χ3v) is 13.4. The zero-order valence-corrected chi connectivity index (χ0v) is 38.0. The van der Waals surface area contributed by atoms with E-state index in [9.17, 15) is 25.1 Å². The Kier molecular flexibility index (Phi) is 15.8. The summed E-state index contributed by atoms with van der Waals surface area (Å²) >= 11 is 0. The highest BCUT2D eigenvalue weighted by atomic mass is 16.7. The molecular formula is C51H62N4O12. The minimum Gasteiger partial charge on any atom is -0.492 e. The molecule has 0 unspecified atom stereocenters. The number of fused-ring (bicyclic) bond motifs is 3. The fourth-order valence-electron chi connectivity index (χ4n) is 10.1. The minimum atomic E-state index is -1.53. The molecule has 6 atom stereocenters. The molecule has 67 heavy (non-hydrogen) atoms. The molecule has 2 aliphatic carbocycles. The van der Waals surface area contributed by atoms with Crippen molar-refractivity contribution in [2.24, 2.45) is 22.9 Å². The van der Waals surface area contributed by atoms with Gasteiger partial charge in [0.2, 0.25) is 12.6 Å². The molecule has 1 saturated heterocycles. The van der Waals surface area contributed by atoms with Crippen LogP contribution in [0, 0.1) is 27.9 Å². The van der Waals surface area contributed by atoms with Crippen LogP contribution >= 0.6 is 0 Å². The van der Waals surface area contributed by atoms with Crippen molar-refractivity contribution in [3.8, 4) is 23.0 Å². The maximum atomic E-state index is 14.8. The number of aliphatic hydroxyl groups is 2. The van der Waals surface area contributed by atoms with E-state index in [1.807, 2.05) is 30.3 Å². The number of non-ortho nitro benzene ring substituents is 1. The fourth-order valence-corrected chi connectivity index (χ4v) is 10.1. The first-order valence-corrected chi connectivity index (χ1v) is 23.5. The molecule has 3 aromatic rings. The Labute approximate surface area is 391 Å². The van der Waals surface area contributed by atoms with E-state index in [1.165, 1.54) is 12.1 Å². The second-order valence-corrected chi connectivity index (χ2v) is 17.7. The summed E-state index contributed by atoms with van der Waals surface area (Å²) in [6.45, 7) is 11.9. The topological polar surface area (TPSA) is 184 Å². The number of aliphatic hydroxyl groups excluding tert-OH is 2. The van der Waals surface area contributed by atoms with Crippen LogP contribution in [0.4, 0.5) is 10.5 Å². The van der Waals surface area contributed by atoms with Crippen LogP contribution in [0.2, 0.25) is 0 Å². The molecule has 3 aromatic carbocycles. The Morgan fingerprint density at radius 3 is 2.45 bits per heavy atom. The number of nitro benzene ring substituents is 1. The molecule has 358 valence electrons. The van der Waals surface area contributed by atoms with Crippen molar-refractivity contribution in [2.45, 2.75) is 82.3 Å². The van der Waals surface area contributed by atoms with E-state index in [0.29, 0.717) is 60.1 Å². The van der Waals surface area contributed by atoms with Gasteiger partial charge in [-0.15, -0.1) is 13.2 Å². The van der Waals surface area contributed by atoms with Crippen molar-refractivity contribution in [1.29, 1.82) is 0 Å². The number of hydrogen-bond acceptors (Lipinski definition) is 14. The summed E-state index contributed by atoms with van der Waals surface area (Å²) in [6.07, 6.45) is 9.98. The van der Waals surface area contributed by atoms with Crippen molar-refractivity contribution >= 4 is 17.5 Å². The number of rotatable bonds is 25. The zero-order valence-electron chi connectivity index (χ0n) is 38.0. The zero-order chi connectivity index (χ0) is 46.8. The van der Waals surface area contributed by atoms with E-state index in [0.717, 1.165) is 62.0 Å². The Morgan fingerprint density at radius 1 is 0.940 bits per heavy atom. The molecule has 0 spiro atoms. The standard InChI is InChI=1S/C51H62N4O12/c1-3-5-26-62-50(58)54(32-36-14-18-45-46(28-36)64-34-63-45)47-31-43(52-66-33-35-12-15-38(16-13-35)55(59)60)41-29-37(10-6-8-23-56)40(11-7-9-24-57)48-42-30-39(61-27-22-53-20-21-53)17-19-44(42)67-51(47,49(41)48)65-25-4-2/h3-4,12-19,28-30,37,40,47-49,56-57H,1-2,5-11,20-27,31-34H2/t37-,40+,47-,48+,49+,51+/m0/s1. The smallest absolute Gasteiger partial charge is 0.410 e. The molecule has 0 aromatic heterocycles. The molecule has 1 amide bonds. The SMILES string of the molecule is C=CCCOC(=O)N(Cc1ccc2c(c1)OCO2)[C@H]1CC(=NOCc2ccc([N+](=O)[O-])cc2)C2=C[C@H](CCCCO)[C@@H](CCCCO)[C@@H]3c4cc(OCCN5CC5)ccc4O[C@@]1(OCC=C)[C@H]23. The van der Waals surface area contributed by atoms with Crippen molar-refractivity contribution in [2.75, 3.05) is 59.5 Å². The van der Waals surface area contributed by atoms with E-state index < -0.39 is 28.8 Å². The van der Waals surface area contributed by atoms with Crippen molar-refractivity contribution < 1.29 is 53.2 Å². The summed E-state index contributed by atoms with van der Waals surface area (Å²) in [7, 11) is 0. The normalized spacial score (nSPS) is 23.8. The average molecular weight is 923 g/mol. The maximum Gasteiger partial charge on any atom is 0.410 e. The first-order chi connectivity index (χ1) is 32.8. The number of unbranched alkanes of at least 4 members (excludes halogenated alkanes) is 2. The molecule has 0 bridgehead atoms. The summed E-state index contributed by atoms with van der Waals surface area (Å²) in [5.41, 5.74) is 3.81. The van der Waals surface area contributed by atoms with Crippen LogP contribution in [0.15, 0.2) is 103 Å². The first-order valence-electron chi connectivity index (χ1n) is 23.5. The molecule has 5 aliphatic rings. The highest BCUT2D eigenvalue weighted by Crippen LogP contribution is 2.62. The third kappa shape index (κ3) is 10.9. The lowest BCUT2D eigenvalue weighted by Crippen LogP contribution is -2.70. The number of ether oxygens (including phenoxy) is 6. The Balaban J connectivity index is 1.30. The lowest BCUT2D eigenvalue weighted by molar-refractivity contribution is -0.384. The molecule has 1 saturated carbocycles. The summed E-state index contributed by atoms with van der Waals surface area (Å²) in [4.78, 5) is 36.0. The number of nitrogens with zero attached hydrogens (tertiary/aromatic N) is 4. The van der Waals surface area contributed by atoms with Gasteiger partial charge >= 0.3 is 6.09 Å². The Hall–Kier alpha value is -5.94. The van der Waals surface area contributed by atoms with Crippen LogP contribution in [-0.4, -0.2) is 108 Å². The van der Waals surface area contributed by atoms with Gasteiger partial charge in [-0.2, -0.15) is 0 Å². The molecule has 0 radical (unpaired) electrons. The second kappa shape index (κ2) is 22.2. The van der Waals surface area contributed by atoms with Crippen molar-refractivity contribution in [3.63, 3.8) is 0 Å². The third-order valence-electron chi connectivity index (χ3n) is 13.4. The number of allylic oxidation sites excluding steroid dienone is 1. The molecular weight excluding hydrogens is 861 g/mol. The first kappa shape index (κ1) is 47.5. The van der Waals surface area contributed by atoms with Gasteiger partial charge in [-0.1, -0.05) is 42.3 Å². The summed E-state index contributed by atoms with van der Waals surface area (Å²) < 4.78 is 38.4. The van der Waals surface area contributed by atoms with E-state index in [-0.39, 0.29) is 76.2 Å². The summed E-state index contributed by atoms with van der Waals surface area (Å²) in [5.74, 6) is 0.138. The van der Waals surface area contributed by atoms with Crippen molar-refractivity contribution in [1.82, 2.24) is 9.80 Å². The summed E-state index contributed by atoms with van der Waals surface area (Å²) in [5, 5.41) is 36.3. The van der Waals surface area contributed by atoms with Gasteiger partial charge < -0.3 is 43.5 Å². The molecule has 3 aliphatic heterocycles. The number of benzene rings is 3. The van der Waals surface area contributed by atoms with Crippen molar-refractivity contribution in [3.05, 3.63) is 124 Å². The molecule has 16 nitrogen and oxygen atoms in total. The van der Waals surface area contributed by atoms with Crippen LogP contribution < -0.4 is 18.9 Å². The Morgan fingerprint density at radius 2 is 1.70 bits per heavy atom. The number of oxime groups is 1. The van der Waals surface area contributed by atoms with E-state index >= 15 is 0 Å². The van der Waals surface area contributed by atoms with Crippen LogP contribution in [0.1, 0.15) is 74.0 Å². The maximum absolute atomic E-state index is 14.8. The predicted octanol–water partition coefficient (Wildman–Crippen LogP) is 8.07. The van der Waals surface area contributed by atoms with Crippen LogP contribution in [0.3, 0.4) is 0 Å². The number of amides is 1. The quantitative estimate of drug-likeness (QED) is 0.0274. The van der Waals surface area contributed by atoms with Gasteiger partial charge in [0.15, 0.2) is 11.5 Å². The number of nitro groups is 1. The van der Waals surface area contributed by atoms with Gasteiger partial charge in [-0.25, -0.2) is 4.79 Å². The average Bonchev–Trinajstić information content (AvgIpc) is 4.05. The van der Waals surface area contributed by atoms with Gasteiger partial charge in [0.05, 0.1) is 29.8 Å². The number of hydrogen-bond donors (Lipinski definition) is 2. The molecule has 16 heteroatoms. The monoisotopic (exact) mass is 922 g/mol. The van der Waals surface area contributed by atoms with Gasteiger partial charge in [-0.05, 0) is 103 Å². The number of carbonyl (C=O) groups is 1. The largest absolute Gasteiger partial charge is 0.492 e. The van der Waals surface area contributed by atoms with Gasteiger partial charge in [0.1, 0.15) is 30.8 Å².